The molecule has 2 saturated heterocycles. The molecule has 0 spiro atoms. The zero-order valence-electron chi connectivity index (χ0n) is 9.37. The molecule has 82 valence electrons. The molecule has 2 aliphatic heterocycles. The average Bonchev–Trinajstić information content (AvgIpc) is 2.63. The topological polar surface area (TPSA) is 12.5 Å². The van der Waals surface area contributed by atoms with Gasteiger partial charge in [-0.2, -0.15) is 0 Å². The molecule has 0 bridgehead atoms. The van der Waals surface area contributed by atoms with Gasteiger partial charge in [0, 0.05) is 19.8 Å². The Balaban J connectivity index is 1.61. The normalized spacial score (nSPS) is 31.1. The van der Waals surface area contributed by atoms with E-state index in [1.165, 1.54) is 45.3 Å². The lowest BCUT2D eigenvalue weighted by Crippen LogP contribution is -2.25. The van der Waals surface area contributed by atoms with Gasteiger partial charge in [-0.1, -0.05) is 6.92 Å². The second-order valence-corrected chi connectivity index (χ2v) is 5.04. The minimum absolute atomic E-state index is 0.935. The quantitative estimate of drug-likeness (QED) is 0.687. The summed E-state index contributed by atoms with van der Waals surface area (Å²) in [6, 6.07) is 0. The van der Waals surface area contributed by atoms with Gasteiger partial charge in [-0.3, -0.25) is 0 Å². The third kappa shape index (κ3) is 2.96. The fourth-order valence-corrected chi connectivity index (χ4v) is 2.63. The second kappa shape index (κ2) is 5.13. The molecule has 0 aromatic heterocycles. The van der Waals surface area contributed by atoms with Gasteiger partial charge < -0.3 is 9.64 Å². The largest absolute Gasteiger partial charge is 0.381 e. The third-order valence-corrected chi connectivity index (χ3v) is 3.70. The smallest absolute Gasteiger partial charge is 0.0468 e. The molecule has 2 rings (SSSR count). The van der Waals surface area contributed by atoms with Crippen LogP contribution in [0.25, 0.3) is 0 Å². The standard InChI is InChI=1S/C12H23NO/c1-11-2-6-13(10-11)7-3-12-4-8-14-9-5-12/h11-12H,2-10H2,1H3/t11-/m0/s1. The van der Waals surface area contributed by atoms with Crippen molar-refractivity contribution in [2.45, 2.75) is 32.6 Å². The maximum atomic E-state index is 5.37. The van der Waals surface area contributed by atoms with Gasteiger partial charge in [0.1, 0.15) is 0 Å². The number of rotatable bonds is 3. The molecule has 2 aliphatic rings. The lowest BCUT2D eigenvalue weighted by atomic mass is 9.96. The highest BCUT2D eigenvalue weighted by molar-refractivity contribution is 4.74. The Morgan fingerprint density at radius 2 is 2.00 bits per heavy atom. The Kier molecular flexibility index (Phi) is 3.82. The molecule has 2 heteroatoms. The number of hydrogen-bond acceptors (Lipinski definition) is 2. The summed E-state index contributed by atoms with van der Waals surface area (Å²) in [4.78, 5) is 2.64. The van der Waals surface area contributed by atoms with E-state index in [-0.39, 0.29) is 0 Å². The molecule has 1 atom stereocenters. The van der Waals surface area contributed by atoms with Crippen LogP contribution in [-0.2, 0) is 4.74 Å². The first-order chi connectivity index (χ1) is 6.84. The van der Waals surface area contributed by atoms with E-state index in [1.807, 2.05) is 0 Å². The molecule has 0 aromatic carbocycles. The van der Waals surface area contributed by atoms with E-state index in [9.17, 15) is 0 Å². The van der Waals surface area contributed by atoms with Crippen LogP contribution < -0.4 is 0 Å². The average molecular weight is 197 g/mol. The summed E-state index contributed by atoms with van der Waals surface area (Å²) >= 11 is 0. The van der Waals surface area contributed by atoms with Crippen LogP contribution in [0.4, 0.5) is 0 Å². The highest BCUT2D eigenvalue weighted by Crippen LogP contribution is 2.21. The van der Waals surface area contributed by atoms with Crippen LogP contribution in [0.1, 0.15) is 32.6 Å². The highest BCUT2D eigenvalue weighted by atomic mass is 16.5. The molecule has 14 heavy (non-hydrogen) atoms. The van der Waals surface area contributed by atoms with Crippen LogP contribution in [0.2, 0.25) is 0 Å². The van der Waals surface area contributed by atoms with Crippen LogP contribution >= 0.6 is 0 Å². The third-order valence-electron chi connectivity index (χ3n) is 3.70. The first kappa shape index (κ1) is 10.4. The molecular formula is C12H23NO. The summed E-state index contributed by atoms with van der Waals surface area (Å²) in [6.45, 7) is 8.37. The predicted molar refractivity (Wildman–Crippen MR) is 58.4 cm³/mol. The van der Waals surface area contributed by atoms with E-state index in [0.717, 1.165) is 25.0 Å². The van der Waals surface area contributed by atoms with E-state index in [4.69, 9.17) is 4.74 Å². The Labute approximate surface area is 87.6 Å². The predicted octanol–water partition coefficient (Wildman–Crippen LogP) is 2.14. The highest BCUT2D eigenvalue weighted by Gasteiger charge is 2.20. The van der Waals surface area contributed by atoms with E-state index in [1.54, 1.807) is 0 Å². The Morgan fingerprint density at radius 3 is 2.64 bits per heavy atom. The second-order valence-electron chi connectivity index (χ2n) is 5.04. The summed E-state index contributed by atoms with van der Waals surface area (Å²) in [7, 11) is 0. The van der Waals surface area contributed by atoms with Crippen molar-refractivity contribution in [3.05, 3.63) is 0 Å². The first-order valence-electron chi connectivity index (χ1n) is 6.14. The van der Waals surface area contributed by atoms with E-state index in [0.29, 0.717) is 0 Å². The SMILES string of the molecule is C[C@H]1CCN(CCC2CCOCC2)C1. The van der Waals surface area contributed by atoms with Gasteiger partial charge in [-0.15, -0.1) is 0 Å². The molecule has 0 N–H and O–H groups in total. The van der Waals surface area contributed by atoms with Crippen molar-refractivity contribution in [1.82, 2.24) is 4.90 Å². The molecule has 0 amide bonds. The van der Waals surface area contributed by atoms with Gasteiger partial charge in [0.05, 0.1) is 0 Å². The monoisotopic (exact) mass is 197 g/mol. The molecule has 0 radical (unpaired) electrons. The maximum Gasteiger partial charge on any atom is 0.0468 e. The minimum atomic E-state index is 0.935. The zero-order chi connectivity index (χ0) is 9.80. The maximum absolute atomic E-state index is 5.37. The summed E-state index contributed by atoms with van der Waals surface area (Å²) in [5.41, 5.74) is 0. The van der Waals surface area contributed by atoms with Crippen molar-refractivity contribution in [2.24, 2.45) is 11.8 Å². The van der Waals surface area contributed by atoms with Gasteiger partial charge in [-0.25, -0.2) is 0 Å². The Hall–Kier alpha value is -0.0800. The van der Waals surface area contributed by atoms with Crippen LogP contribution in [0.3, 0.4) is 0 Å². The molecule has 2 fully saturated rings. The van der Waals surface area contributed by atoms with E-state index in [2.05, 4.69) is 11.8 Å². The van der Waals surface area contributed by atoms with Crippen molar-refractivity contribution in [3.8, 4) is 0 Å². The summed E-state index contributed by atoms with van der Waals surface area (Å²) in [6.07, 6.45) is 5.40. The number of ether oxygens (including phenoxy) is 1. The molecule has 0 aromatic rings. The Bertz CT molecular complexity index is 161. The fraction of sp³-hybridized carbons (Fsp3) is 1.00. The fourth-order valence-electron chi connectivity index (χ4n) is 2.63. The van der Waals surface area contributed by atoms with Crippen LogP contribution in [0, 0.1) is 11.8 Å². The van der Waals surface area contributed by atoms with Crippen LogP contribution in [0.5, 0.6) is 0 Å². The molecule has 0 unspecified atom stereocenters. The van der Waals surface area contributed by atoms with Crippen molar-refractivity contribution in [3.63, 3.8) is 0 Å². The molecule has 2 heterocycles. The van der Waals surface area contributed by atoms with Crippen molar-refractivity contribution >= 4 is 0 Å². The summed E-state index contributed by atoms with van der Waals surface area (Å²) in [5.74, 6) is 1.88. The lowest BCUT2D eigenvalue weighted by molar-refractivity contribution is 0.0609. The zero-order valence-corrected chi connectivity index (χ0v) is 9.37. The van der Waals surface area contributed by atoms with Gasteiger partial charge in [0.2, 0.25) is 0 Å². The van der Waals surface area contributed by atoms with E-state index >= 15 is 0 Å². The van der Waals surface area contributed by atoms with Gasteiger partial charge in [0.25, 0.3) is 0 Å². The molecule has 2 nitrogen and oxygen atoms in total. The Morgan fingerprint density at radius 1 is 1.21 bits per heavy atom. The van der Waals surface area contributed by atoms with Crippen molar-refractivity contribution in [1.29, 1.82) is 0 Å². The molecule has 0 saturated carbocycles. The summed E-state index contributed by atoms with van der Waals surface area (Å²) in [5, 5.41) is 0. The lowest BCUT2D eigenvalue weighted by Gasteiger charge is -2.24. The van der Waals surface area contributed by atoms with E-state index < -0.39 is 0 Å². The van der Waals surface area contributed by atoms with Gasteiger partial charge >= 0.3 is 0 Å². The van der Waals surface area contributed by atoms with Crippen molar-refractivity contribution in [2.75, 3.05) is 32.8 Å². The minimum Gasteiger partial charge on any atom is -0.381 e. The van der Waals surface area contributed by atoms with Gasteiger partial charge in [-0.05, 0) is 50.6 Å². The van der Waals surface area contributed by atoms with Crippen molar-refractivity contribution < 1.29 is 4.74 Å². The number of likely N-dealkylation sites (tertiary alicyclic amines) is 1. The van der Waals surface area contributed by atoms with Gasteiger partial charge in [0.15, 0.2) is 0 Å². The van der Waals surface area contributed by atoms with Crippen LogP contribution in [0.15, 0.2) is 0 Å². The molecular weight excluding hydrogens is 174 g/mol. The number of nitrogens with zero attached hydrogens (tertiary/aromatic N) is 1. The van der Waals surface area contributed by atoms with Crippen LogP contribution in [-0.4, -0.2) is 37.7 Å². The molecule has 0 aliphatic carbocycles. The summed E-state index contributed by atoms with van der Waals surface area (Å²) < 4.78 is 5.37. The number of hydrogen-bond donors (Lipinski definition) is 0. The first-order valence-corrected chi connectivity index (χ1v) is 6.14.